The lowest BCUT2D eigenvalue weighted by molar-refractivity contribution is 0.230. The van der Waals surface area contributed by atoms with Gasteiger partial charge in [0.1, 0.15) is 0 Å². The Hall–Kier alpha value is -1.81. The fraction of sp³-hybridized carbons (Fsp3) is 0.471. The van der Waals surface area contributed by atoms with Crippen LogP contribution in [-0.4, -0.2) is 23.8 Å². The summed E-state index contributed by atoms with van der Waals surface area (Å²) in [6, 6.07) is 9.82. The first-order valence-corrected chi connectivity index (χ1v) is 7.69. The summed E-state index contributed by atoms with van der Waals surface area (Å²) >= 11 is 0. The predicted molar refractivity (Wildman–Crippen MR) is 83.9 cm³/mol. The van der Waals surface area contributed by atoms with Crippen molar-refractivity contribution in [2.75, 3.05) is 6.61 Å². The second kappa shape index (κ2) is 8.47. The second-order valence-electron chi connectivity index (χ2n) is 5.41. The zero-order valence-electron chi connectivity index (χ0n) is 12.3. The molecule has 0 saturated heterocycles. The minimum atomic E-state index is -0.140. The van der Waals surface area contributed by atoms with Crippen LogP contribution in [0.1, 0.15) is 43.7 Å². The van der Waals surface area contributed by atoms with Crippen LogP contribution in [0.2, 0.25) is 0 Å². The number of carbonyl (C=O) groups is 1. The summed E-state index contributed by atoms with van der Waals surface area (Å²) < 4.78 is 0. The van der Waals surface area contributed by atoms with E-state index < -0.39 is 0 Å². The molecule has 2 atom stereocenters. The number of aliphatic hydroxyl groups excluding tert-OH is 1. The van der Waals surface area contributed by atoms with E-state index in [9.17, 15) is 4.79 Å². The standard InChI is InChI=1S/C17H24N2O2/c20-13-7-12-16(14-8-3-1-4-9-14)19-17(21)18-15-10-5-2-6-11-15/h1,3-5,8-10,15-16,20H,2,6-7,11-13H2,(H2,18,19,21). The van der Waals surface area contributed by atoms with Gasteiger partial charge in [0.2, 0.25) is 0 Å². The Morgan fingerprint density at radius 1 is 1.33 bits per heavy atom. The number of carbonyl (C=O) groups excluding carboxylic acids is 1. The Kier molecular flexibility index (Phi) is 6.28. The normalized spacial score (nSPS) is 19.0. The second-order valence-corrected chi connectivity index (χ2v) is 5.41. The van der Waals surface area contributed by atoms with Crippen LogP contribution in [0.15, 0.2) is 42.5 Å². The fourth-order valence-electron chi connectivity index (χ4n) is 2.60. The zero-order valence-corrected chi connectivity index (χ0v) is 12.3. The summed E-state index contributed by atoms with van der Waals surface area (Å²) in [6.07, 6.45) is 8.80. The highest BCUT2D eigenvalue weighted by Crippen LogP contribution is 2.18. The van der Waals surface area contributed by atoms with Crippen LogP contribution in [0.3, 0.4) is 0 Å². The van der Waals surface area contributed by atoms with Crippen molar-refractivity contribution in [1.29, 1.82) is 0 Å². The number of rotatable bonds is 6. The molecule has 0 spiro atoms. The molecule has 0 heterocycles. The number of allylic oxidation sites excluding steroid dienone is 1. The van der Waals surface area contributed by atoms with Gasteiger partial charge in [0.15, 0.2) is 0 Å². The van der Waals surface area contributed by atoms with Gasteiger partial charge in [-0.1, -0.05) is 42.5 Å². The van der Waals surface area contributed by atoms with Crippen LogP contribution in [0.5, 0.6) is 0 Å². The highest BCUT2D eigenvalue weighted by Gasteiger charge is 2.16. The Balaban J connectivity index is 1.92. The fourth-order valence-corrected chi connectivity index (χ4v) is 2.60. The summed E-state index contributed by atoms with van der Waals surface area (Å²) in [5, 5.41) is 15.0. The van der Waals surface area contributed by atoms with Gasteiger partial charge < -0.3 is 15.7 Å². The van der Waals surface area contributed by atoms with Gasteiger partial charge in [0.25, 0.3) is 0 Å². The van der Waals surface area contributed by atoms with Gasteiger partial charge >= 0.3 is 6.03 Å². The lowest BCUT2D eigenvalue weighted by Gasteiger charge is -2.23. The molecule has 4 nitrogen and oxygen atoms in total. The smallest absolute Gasteiger partial charge is 0.315 e. The first kappa shape index (κ1) is 15.6. The van der Waals surface area contributed by atoms with Crippen molar-refractivity contribution < 1.29 is 9.90 Å². The first-order chi connectivity index (χ1) is 10.3. The van der Waals surface area contributed by atoms with E-state index in [-0.39, 0.29) is 24.7 Å². The van der Waals surface area contributed by atoms with E-state index in [2.05, 4.69) is 22.8 Å². The largest absolute Gasteiger partial charge is 0.396 e. The summed E-state index contributed by atoms with van der Waals surface area (Å²) in [5.74, 6) is 0. The molecule has 1 aromatic carbocycles. The number of hydrogen-bond donors (Lipinski definition) is 3. The third kappa shape index (κ3) is 5.23. The molecular weight excluding hydrogens is 264 g/mol. The number of hydrogen-bond acceptors (Lipinski definition) is 2. The maximum Gasteiger partial charge on any atom is 0.315 e. The third-order valence-electron chi connectivity index (χ3n) is 3.73. The number of nitrogens with one attached hydrogen (secondary N) is 2. The van der Waals surface area contributed by atoms with Gasteiger partial charge in [-0.15, -0.1) is 0 Å². The SMILES string of the molecule is O=C(NC1C=CCCC1)NC(CCCO)c1ccccc1. The Labute approximate surface area is 126 Å². The minimum absolute atomic E-state index is 0.0640. The Bertz CT molecular complexity index is 459. The van der Waals surface area contributed by atoms with Gasteiger partial charge in [-0.3, -0.25) is 0 Å². The van der Waals surface area contributed by atoms with Gasteiger partial charge in [0.05, 0.1) is 6.04 Å². The van der Waals surface area contributed by atoms with E-state index in [0.717, 1.165) is 31.2 Å². The molecule has 1 aliphatic rings. The number of urea groups is 1. The highest BCUT2D eigenvalue weighted by atomic mass is 16.3. The molecular formula is C17H24N2O2. The van der Waals surface area contributed by atoms with Crippen LogP contribution < -0.4 is 10.6 Å². The molecule has 0 saturated carbocycles. The lowest BCUT2D eigenvalue weighted by atomic mass is 10.0. The molecule has 4 heteroatoms. The molecule has 21 heavy (non-hydrogen) atoms. The lowest BCUT2D eigenvalue weighted by Crippen LogP contribution is -2.43. The van der Waals surface area contributed by atoms with Crippen molar-refractivity contribution >= 4 is 6.03 Å². The highest BCUT2D eigenvalue weighted by molar-refractivity contribution is 5.75. The molecule has 114 valence electrons. The van der Waals surface area contributed by atoms with E-state index in [1.54, 1.807) is 0 Å². The Morgan fingerprint density at radius 3 is 2.81 bits per heavy atom. The van der Waals surface area contributed by atoms with Crippen molar-refractivity contribution in [3.05, 3.63) is 48.0 Å². The molecule has 3 N–H and O–H groups in total. The maximum atomic E-state index is 12.1. The predicted octanol–water partition coefficient (Wildman–Crippen LogP) is 2.91. The van der Waals surface area contributed by atoms with Crippen LogP contribution in [0.25, 0.3) is 0 Å². The van der Waals surface area contributed by atoms with E-state index in [1.165, 1.54) is 0 Å². The molecule has 0 radical (unpaired) electrons. The summed E-state index contributed by atoms with van der Waals surface area (Å²) in [5.41, 5.74) is 1.07. The van der Waals surface area contributed by atoms with E-state index in [0.29, 0.717) is 6.42 Å². The average molecular weight is 288 g/mol. The first-order valence-electron chi connectivity index (χ1n) is 7.69. The Morgan fingerprint density at radius 2 is 2.14 bits per heavy atom. The molecule has 1 aromatic rings. The van der Waals surface area contributed by atoms with Gasteiger partial charge in [0, 0.05) is 12.6 Å². The zero-order chi connectivity index (χ0) is 14.9. The molecule has 2 rings (SSSR count). The van der Waals surface area contributed by atoms with Crippen molar-refractivity contribution in [3.63, 3.8) is 0 Å². The van der Waals surface area contributed by atoms with E-state index >= 15 is 0 Å². The van der Waals surface area contributed by atoms with Gasteiger partial charge in [-0.2, -0.15) is 0 Å². The summed E-state index contributed by atoms with van der Waals surface area (Å²) in [4.78, 5) is 12.1. The quantitative estimate of drug-likeness (QED) is 0.705. The average Bonchev–Trinajstić information content (AvgIpc) is 2.53. The molecule has 0 fully saturated rings. The number of benzene rings is 1. The van der Waals surface area contributed by atoms with Crippen molar-refractivity contribution in [1.82, 2.24) is 10.6 Å². The van der Waals surface area contributed by atoms with Crippen LogP contribution in [0.4, 0.5) is 4.79 Å². The van der Waals surface area contributed by atoms with Crippen LogP contribution >= 0.6 is 0 Å². The van der Waals surface area contributed by atoms with Crippen LogP contribution in [-0.2, 0) is 0 Å². The van der Waals surface area contributed by atoms with Crippen molar-refractivity contribution in [3.8, 4) is 0 Å². The van der Waals surface area contributed by atoms with Gasteiger partial charge in [-0.25, -0.2) is 4.79 Å². The number of amides is 2. The van der Waals surface area contributed by atoms with Crippen molar-refractivity contribution in [2.24, 2.45) is 0 Å². The maximum absolute atomic E-state index is 12.1. The minimum Gasteiger partial charge on any atom is -0.396 e. The van der Waals surface area contributed by atoms with E-state index in [4.69, 9.17) is 5.11 Å². The topological polar surface area (TPSA) is 61.4 Å². The summed E-state index contributed by atoms with van der Waals surface area (Å²) in [7, 11) is 0. The molecule has 0 bridgehead atoms. The number of aliphatic hydroxyl groups is 1. The molecule has 1 aliphatic carbocycles. The van der Waals surface area contributed by atoms with E-state index in [1.807, 2.05) is 30.3 Å². The molecule has 2 unspecified atom stereocenters. The molecule has 2 amide bonds. The van der Waals surface area contributed by atoms with Crippen molar-refractivity contribution in [2.45, 2.75) is 44.2 Å². The monoisotopic (exact) mass is 288 g/mol. The molecule has 0 aliphatic heterocycles. The summed E-state index contributed by atoms with van der Waals surface area (Å²) in [6.45, 7) is 0.137. The van der Waals surface area contributed by atoms with Crippen LogP contribution in [0, 0.1) is 0 Å². The third-order valence-corrected chi connectivity index (χ3v) is 3.73. The molecule has 0 aromatic heterocycles. The van der Waals surface area contributed by atoms with Gasteiger partial charge in [-0.05, 0) is 37.7 Å².